The van der Waals surface area contributed by atoms with Crippen molar-refractivity contribution in [3.05, 3.63) is 17.9 Å². The number of hydrogen-bond donors (Lipinski definition) is 1. The molecule has 2 fully saturated rings. The molecule has 0 unspecified atom stereocenters. The standard InChI is InChI=1S/C17H21FN6O2/c1-21-5-7-23(8-6-21)14-10-13-11(9-12(14)18)16(20-22(13)2)24-4-3-15(25)19-17(24)26/h9-10H,3-8H2,1-2H3,(H,19,25,26). The van der Waals surface area contributed by atoms with Gasteiger partial charge in [0.15, 0.2) is 5.82 Å². The summed E-state index contributed by atoms with van der Waals surface area (Å²) in [6, 6.07) is 2.71. The van der Waals surface area contributed by atoms with Gasteiger partial charge in [0.05, 0.1) is 11.2 Å². The van der Waals surface area contributed by atoms with E-state index in [-0.39, 0.29) is 24.7 Å². The predicted octanol–water partition coefficient (Wildman–Crippen LogP) is 0.910. The second-order valence-corrected chi connectivity index (χ2v) is 6.81. The van der Waals surface area contributed by atoms with Crippen molar-refractivity contribution in [2.24, 2.45) is 7.05 Å². The summed E-state index contributed by atoms with van der Waals surface area (Å²) in [6.45, 7) is 3.53. The maximum atomic E-state index is 14.9. The number of imide groups is 1. The average Bonchev–Trinajstić information content (AvgIpc) is 2.91. The Kier molecular flexibility index (Phi) is 4.03. The second-order valence-electron chi connectivity index (χ2n) is 6.81. The number of anilines is 2. The number of hydrogen-bond acceptors (Lipinski definition) is 5. The van der Waals surface area contributed by atoms with Crippen molar-refractivity contribution in [1.29, 1.82) is 0 Å². The van der Waals surface area contributed by atoms with Gasteiger partial charge in [0.25, 0.3) is 0 Å². The number of aromatic nitrogens is 2. The largest absolute Gasteiger partial charge is 0.367 e. The van der Waals surface area contributed by atoms with Gasteiger partial charge in [0.2, 0.25) is 5.91 Å². The van der Waals surface area contributed by atoms with Gasteiger partial charge in [0.1, 0.15) is 5.82 Å². The first-order valence-corrected chi connectivity index (χ1v) is 8.65. The van der Waals surface area contributed by atoms with E-state index >= 15 is 0 Å². The molecule has 2 aromatic rings. The molecule has 0 bridgehead atoms. The summed E-state index contributed by atoms with van der Waals surface area (Å²) >= 11 is 0. The molecule has 0 aliphatic carbocycles. The zero-order chi connectivity index (χ0) is 18.4. The number of nitrogens with zero attached hydrogens (tertiary/aromatic N) is 5. The molecule has 0 radical (unpaired) electrons. The zero-order valence-electron chi connectivity index (χ0n) is 14.8. The number of carbonyl (C=O) groups excluding carboxylic acids is 2. The number of aryl methyl sites for hydroxylation is 1. The quantitative estimate of drug-likeness (QED) is 0.862. The van der Waals surface area contributed by atoms with Gasteiger partial charge in [-0.2, -0.15) is 5.10 Å². The van der Waals surface area contributed by atoms with Crippen molar-refractivity contribution in [1.82, 2.24) is 20.0 Å². The summed E-state index contributed by atoms with van der Waals surface area (Å²) in [4.78, 5) is 29.1. The molecule has 3 amide bonds. The predicted molar refractivity (Wildman–Crippen MR) is 95.9 cm³/mol. The number of benzene rings is 1. The topological polar surface area (TPSA) is 73.7 Å². The molecular weight excluding hydrogens is 339 g/mol. The molecule has 1 aromatic carbocycles. The van der Waals surface area contributed by atoms with Crippen molar-refractivity contribution >= 4 is 34.3 Å². The lowest BCUT2D eigenvalue weighted by molar-refractivity contribution is -0.120. The van der Waals surface area contributed by atoms with E-state index < -0.39 is 6.03 Å². The number of amides is 3. The maximum Gasteiger partial charge on any atom is 0.329 e. The third-order valence-electron chi connectivity index (χ3n) is 5.05. The lowest BCUT2D eigenvalue weighted by Crippen LogP contribution is -2.49. The van der Waals surface area contributed by atoms with Crippen LogP contribution in [0.4, 0.5) is 20.7 Å². The fourth-order valence-corrected chi connectivity index (χ4v) is 3.50. The van der Waals surface area contributed by atoms with Gasteiger partial charge in [-0.3, -0.25) is 19.7 Å². The van der Waals surface area contributed by atoms with Gasteiger partial charge < -0.3 is 9.80 Å². The second kappa shape index (κ2) is 6.24. The first-order valence-electron chi connectivity index (χ1n) is 8.65. The number of nitrogens with one attached hydrogen (secondary N) is 1. The van der Waals surface area contributed by atoms with Crippen LogP contribution in [0.15, 0.2) is 12.1 Å². The van der Waals surface area contributed by atoms with Gasteiger partial charge >= 0.3 is 6.03 Å². The van der Waals surface area contributed by atoms with Crippen LogP contribution in [-0.4, -0.2) is 66.4 Å². The van der Waals surface area contributed by atoms with E-state index in [0.29, 0.717) is 16.9 Å². The van der Waals surface area contributed by atoms with Crippen molar-refractivity contribution in [2.75, 3.05) is 49.6 Å². The third kappa shape index (κ3) is 2.78. The highest BCUT2D eigenvalue weighted by atomic mass is 19.1. The number of likely N-dealkylation sites (N-methyl/N-ethyl adjacent to an activating group) is 1. The van der Waals surface area contributed by atoms with E-state index in [2.05, 4.69) is 22.4 Å². The Balaban J connectivity index is 1.73. The van der Waals surface area contributed by atoms with E-state index in [0.717, 1.165) is 31.7 Å². The highest BCUT2D eigenvalue weighted by molar-refractivity contribution is 6.09. The van der Waals surface area contributed by atoms with Crippen molar-refractivity contribution in [2.45, 2.75) is 6.42 Å². The van der Waals surface area contributed by atoms with Crippen LogP contribution in [0.2, 0.25) is 0 Å². The van der Waals surface area contributed by atoms with Gasteiger partial charge in [-0.05, 0) is 19.2 Å². The van der Waals surface area contributed by atoms with E-state index in [1.54, 1.807) is 17.8 Å². The van der Waals surface area contributed by atoms with Crippen LogP contribution in [0.1, 0.15) is 6.42 Å². The van der Waals surface area contributed by atoms with E-state index in [1.165, 1.54) is 11.0 Å². The number of urea groups is 1. The number of fused-ring (bicyclic) bond motifs is 1. The molecule has 26 heavy (non-hydrogen) atoms. The van der Waals surface area contributed by atoms with E-state index in [1.807, 2.05) is 4.90 Å². The molecular formula is C17H21FN6O2. The van der Waals surface area contributed by atoms with Crippen LogP contribution >= 0.6 is 0 Å². The summed E-state index contributed by atoms with van der Waals surface area (Å²) in [7, 11) is 3.82. The molecule has 4 rings (SSSR count). The normalized spacial score (nSPS) is 19.3. The Bertz CT molecular complexity index is 887. The van der Waals surface area contributed by atoms with E-state index in [9.17, 15) is 14.0 Å². The third-order valence-corrected chi connectivity index (χ3v) is 5.05. The van der Waals surface area contributed by atoms with Gasteiger partial charge in [-0.15, -0.1) is 0 Å². The number of rotatable bonds is 2. The summed E-state index contributed by atoms with van der Waals surface area (Å²) in [5.74, 6) is -0.267. The van der Waals surface area contributed by atoms with Crippen molar-refractivity contribution in [3.8, 4) is 0 Å². The minimum atomic E-state index is -0.523. The lowest BCUT2D eigenvalue weighted by Gasteiger charge is -2.34. The van der Waals surface area contributed by atoms with Crippen LogP contribution in [-0.2, 0) is 11.8 Å². The number of piperazine rings is 1. The Morgan fingerprint density at radius 3 is 2.50 bits per heavy atom. The van der Waals surface area contributed by atoms with Crippen LogP contribution in [0.5, 0.6) is 0 Å². The fourth-order valence-electron chi connectivity index (χ4n) is 3.50. The van der Waals surface area contributed by atoms with Crippen molar-refractivity contribution < 1.29 is 14.0 Å². The lowest BCUT2D eigenvalue weighted by atomic mass is 10.1. The zero-order valence-corrected chi connectivity index (χ0v) is 14.8. The van der Waals surface area contributed by atoms with Crippen LogP contribution in [0.25, 0.3) is 10.9 Å². The number of carbonyl (C=O) groups is 2. The molecule has 2 aliphatic heterocycles. The number of halogens is 1. The molecule has 0 atom stereocenters. The molecule has 0 spiro atoms. The van der Waals surface area contributed by atoms with E-state index in [4.69, 9.17) is 0 Å². The smallest absolute Gasteiger partial charge is 0.329 e. The highest BCUT2D eigenvalue weighted by Gasteiger charge is 2.29. The molecule has 3 heterocycles. The maximum absolute atomic E-state index is 14.9. The Morgan fingerprint density at radius 2 is 1.81 bits per heavy atom. The first kappa shape index (κ1) is 16.8. The van der Waals surface area contributed by atoms with Gasteiger partial charge in [-0.25, -0.2) is 9.18 Å². The van der Waals surface area contributed by atoms with Crippen LogP contribution in [0, 0.1) is 5.82 Å². The van der Waals surface area contributed by atoms with Crippen LogP contribution < -0.4 is 15.1 Å². The van der Waals surface area contributed by atoms with Gasteiger partial charge in [-0.1, -0.05) is 0 Å². The monoisotopic (exact) mass is 360 g/mol. The molecule has 1 aromatic heterocycles. The first-order chi connectivity index (χ1) is 12.4. The molecule has 0 saturated carbocycles. The van der Waals surface area contributed by atoms with Gasteiger partial charge in [0, 0.05) is 51.6 Å². The Morgan fingerprint density at radius 1 is 1.08 bits per heavy atom. The van der Waals surface area contributed by atoms with Crippen LogP contribution in [0.3, 0.4) is 0 Å². The molecule has 2 aliphatic rings. The Hall–Kier alpha value is -2.68. The molecule has 1 N–H and O–H groups in total. The summed E-state index contributed by atoms with van der Waals surface area (Å²) in [6.07, 6.45) is 0.200. The minimum Gasteiger partial charge on any atom is -0.367 e. The highest BCUT2D eigenvalue weighted by Crippen LogP contribution is 2.32. The SMILES string of the molecule is CN1CCN(c2cc3c(cc2F)c(N2CCC(=O)NC2=O)nn3C)CC1. The summed E-state index contributed by atoms with van der Waals surface area (Å²) in [5, 5.41) is 7.24. The summed E-state index contributed by atoms with van der Waals surface area (Å²) < 4.78 is 16.5. The molecule has 2 saturated heterocycles. The Labute approximate surface area is 150 Å². The summed E-state index contributed by atoms with van der Waals surface area (Å²) in [5.41, 5.74) is 1.30. The fraction of sp³-hybridized carbons (Fsp3) is 0.471. The van der Waals surface area contributed by atoms with Crippen molar-refractivity contribution in [3.63, 3.8) is 0 Å². The average molecular weight is 360 g/mol. The molecule has 8 nitrogen and oxygen atoms in total. The minimum absolute atomic E-state index is 0.200. The molecule has 138 valence electrons. The molecule has 9 heteroatoms.